The number of benzene rings is 1. The van der Waals surface area contributed by atoms with E-state index < -0.39 is 21.6 Å². The van der Waals surface area contributed by atoms with Gasteiger partial charge in [0.25, 0.3) is 5.88 Å². The Morgan fingerprint density at radius 2 is 1.94 bits per heavy atom. The Morgan fingerprint density at radius 1 is 1.19 bits per heavy atom. The lowest BCUT2D eigenvalue weighted by atomic mass is 9.98. The van der Waals surface area contributed by atoms with E-state index in [1.54, 1.807) is 37.4 Å². The number of sulfone groups is 1. The molecule has 0 aliphatic rings. The zero-order valence-corrected chi connectivity index (χ0v) is 21.1. The molecule has 10 nitrogen and oxygen atoms in total. The molecule has 3 heterocycles. The van der Waals surface area contributed by atoms with Crippen LogP contribution < -0.4 is 15.2 Å². The van der Waals surface area contributed by atoms with Crippen LogP contribution in [0.15, 0.2) is 47.4 Å². The molecule has 1 aromatic carbocycles. The number of H-pyrrole nitrogens is 1. The summed E-state index contributed by atoms with van der Waals surface area (Å²) in [5.41, 5.74) is 3.06. The van der Waals surface area contributed by atoms with Crippen molar-refractivity contribution >= 4 is 21.0 Å². The molecule has 0 aliphatic heterocycles. The predicted octanol–water partition coefficient (Wildman–Crippen LogP) is 3.01. The largest absolute Gasteiger partial charge is 0.491 e. The highest BCUT2D eigenvalue weighted by molar-refractivity contribution is 7.90. The van der Waals surface area contributed by atoms with Gasteiger partial charge in [-0.1, -0.05) is 18.2 Å². The second-order valence-electron chi connectivity index (χ2n) is 8.24. The van der Waals surface area contributed by atoms with Crippen molar-refractivity contribution in [1.82, 2.24) is 19.5 Å². The average Bonchev–Trinajstić information content (AvgIpc) is 3.19. The van der Waals surface area contributed by atoms with E-state index >= 15 is 0 Å². The van der Waals surface area contributed by atoms with Crippen LogP contribution in [0.4, 0.5) is 0 Å². The molecule has 0 saturated heterocycles. The van der Waals surface area contributed by atoms with Crippen LogP contribution in [0.25, 0.3) is 22.3 Å². The van der Waals surface area contributed by atoms with Crippen molar-refractivity contribution in [2.45, 2.75) is 19.9 Å². The zero-order chi connectivity index (χ0) is 26.0. The van der Waals surface area contributed by atoms with Gasteiger partial charge in [0.05, 0.1) is 48.4 Å². The third-order valence-electron chi connectivity index (χ3n) is 5.80. The van der Waals surface area contributed by atoms with Crippen LogP contribution in [0.3, 0.4) is 0 Å². The maximum atomic E-state index is 13.2. The number of aromatic amines is 1. The van der Waals surface area contributed by atoms with Crippen LogP contribution in [0, 0.1) is 18.3 Å². The molecule has 1 unspecified atom stereocenters. The minimum absolute atomic E-state index is 0.198. The number of ether oxygens (including phenoxy) is 2. The number of aryl methyl sites for hydroxylation is 1. The van der Waals surface area contributed by atoms with E-state index in [1.165, 1.54) is 11.7 Å². The summed E-state index contributed by atoms with van der Waals surface area (Å²) in [5.74, 6) is 0.202. The molecule has 0 spiro atoms. The number of hydrogen-bond donors (Lipinski definition) is 1. The van der Waals surface area contributed by atoms with Crippen molar-refractivity contribution in [1.29, 1.82) is 5.26 Å². The normalized spacial score (nSPS) is 12.3. The second-order valence-corrected chi connectivity index (χ2v) is 10.4. The highest BCUT2D eigenvalue weighted by Crippen LogP contribution is 2.32. The summed E-state index contributed by atoms with van der Waals surface area (Å²) < 4.78 is 37.0. The summed E-state index contributed by atoms with van der Waals surface area (Å²) in [7, 11) is -2.07. The topological polar surface area (TPSA) is 140 Å². The summed E-state index contributed by atoms with van der Waals surface area (Å²) in [5, 5.41) is 9.52. The highest BCUT2D eigenvalue weighted by Gasteiger charge is 2.27. The van der Waals surface area contributed by atoms with Gasteiger partial charge in [-0.05, 0) is 37.6 Å². The fraction of sp³-hybridized carbons (Fsp3) is 0.280. The van der Waals surface area contributed by atoms with Crippen LogP contribution in [-0.2, 0) is 9.84 Å². The Kier molecular flexibility index (Phi) is 6.81. The molecule has 186 valence electrons. The minimum atomic E-state index is -3.54. The van der Waals surface area contributed by atoms with Gasteiger partial charge < -0.3 is 14.5 Å². The van der Waals surface area contributed by atoms with Crippen LogP contribution in [0.5, 0.6) is 11.6 Å². The number of pyridine rings is 2. The van der Waals surface area contributed by atoms with Crippen LogP contribution >= 0.6 is 0 Å². The number of rotatable bonds is 8. The highest BCUT2D eigenvalue weighted by atomic mass is 32.2. The minimum Gasteiger partial charge on any atom is -0.491 e. The molecule has 36 heavy (non-hydrogen) atoms. The van der Waals surface area contributed by atoms with E-state index in [0.29, 0.717) is 45.8 Å². The first-order chi connectivity index (χ1) is 17.2. The van der Waals surface area contributed by atoms with Gasteiger partial charge >= 0.3 is 5.69 Å². The molecule has 0 radical (unpaired) electrons. The van der Waals surface area contributed by atoms with E-state index in [4.69, 9.17) is 9.47 Å². The molecule has 3 aromatic heterocycles. The first kappa shape index (κ1) is 24.9. The summed E-state index contributed by atoms with van der Waals surface area (Å²) in [6, 6.07) is 11.5. The number of aromatic nitrogens is 4. The third-order valence-corrected chi connectivity index (χ3v) is 6.72. The molecular weight excluding hydrogens is 482 g/mol. The molecule has 0 saturated carbocycles. The number of hydrogen-bond acceptors (Lipinski definition) is 8. The smallest absolute Gasteiger partial charge is 0.328 e. The SMILES string of the molecule is CCOc1nc(C(CS(C)(=O)=O)n2c(=O)[nH]c3c(C)c(-c4ccccc4C#N)cnc32)ccc1OC. The molecule has 1 N–H and O–H groups in total. The van der Waals surface area contributed by atoms with Crippen LogP contribution in [0.1, 0.15) is 29.8 Å². The van der Waals surface area contributed by atoms with E-state index in [0.717, 1.165) is 6.26 Å². The Morgan fingerprint density at radius 3 is 2.61 bits per heavy atom. The maximum absolute atomic E-state index is 13.2. The van der Waals surface area contributed by atoms with Gasteiger partial charge in [-0.25, -0.2) is 23.2 Å². The van der Waals surface area contributed by atoms with E-state index in [-0.39, 0.29) is 17.3 Å². The van der Waals surface area contributed by atoms with Crippen molar-refractivity contribution in [3.8, 4) is 28.8 Å². The van der Waals surface area contributed by atoms with Gasteiger partial charge in [-0.15, -0.1) is 0 Å². The molecule has 0 aliphatic carbocycles. The summed E-state index contributed by atoms with van der Waals surface area (Å²) in [6.07, 6.45) is 2.69. The average molecular weight is 508 g/mol. The number of nitriles is 1. The molecule has 0 bridgehead atoms. The maximum Gasteiger partial charge on any atom is 0.328 e. The Hall–Kier alpha value is -4.17. The molecule has 1 atom stereocenters. The Labute approximate surface area is 208 Å². The lowest BCUT2D eigenvalue weighted by molar-refractivity contribution is 0.296. The molecule has 4 rings (SSSR count). The van der Waals surface area contributed by atoms with E-state index in [9.17, 15) is 18.5 Å². The van der Waals surface area contributed by atoms with Crippen molar-refractivity contribution in [2.75, 3.05) is 25.7 Å². The quantitative estimate of drug-likeness (QED) is 0.384. The van der Waals surface area contributed by atoms with Gasteiger partial charge in [0, 0.05) is 23.6 Å². The number of nitrogens with one attached hydrogen (secondary N) is 1. The molecule has 4 aromatic rings. The molecule has 0 fully saturated rings. The van der Waals surface area contributed by atoms with Gasteiger partial charge in [0.1, 0.15) is 9.84 Å². The van der Waals surface area contributed by atoms with E-state index in [1.807, 2.05) is 19.1 Å². The zero-order valence-electron chi connectivity index (χ0n) is 20.3. The van der Waals surface area contributed by atoms with Crippen LogP contribution in [0.2, 0.25) is 0 Å². The summed E-state index contributed by atoms with van der Waals surface area (Å²) in [6.45, 7) is 3.93. The van der Waals surface area contributed by atoms with Gasteiger partial charge in [-0.3, -0.25) is 4.57 Å². The van der Waals surface area contributed by atoms with Crippen molar-refractivity contribution < 1.29 is 17.9 Å². The van der Waals surface area contributed by atoms with Crippen molar-refractivity contribution in [3.05, 3.63) is 69.9 Å². The summed E-state index contributed by atoms with van der Waals surface area (Å²) >= 11 is 0. The van der Waals surface area contributed by atoms with Crippen LogP contribution in [-0.4, -0.2) is 53.7 Å². The number of nitrogens with zero attached hydrogens (tertiary/aromatic N) is 4. The molecule has 11 heteroatoms. The monoisotopic (exact) mass is 507 g/mol. The second kappa shape index (κ2) is 9.83. The van der Waals surface area contributed by atoms with Crippen molar-refractivity contribution in [2.24, 2.45) is 0 Å². The fourth-order valence-corrected chi connectivity index (χ4v) is 5.06. The number of fused-ring (bicyclic) bond motifs is 1. The number of methoxy groups -OCH3 is 1. The molecule has 0 amide bonds. The van der Waals surface area contributed by atoms with Gasteiger partial charge in [0.2, 0.25) is 0 Å². The molecular formula is C25H25N5O5S. The Balaban J connectivity index is 1.94. The van der Waals surface area contributed by atoms with Crippen molar-refractivity contribution in [3.63, 3.8) is 0 Å². The lowest BCUT2D eigenvalue weighted by Crippen LogP contribution is -2.29. The van der Waals surface area contributed by atoms with Gasteiger partial charge in [-0.2, -0.15) is 5.26 Å². The number of imidazole rings is 1. The standard InChI is InChI=1S/C25H25N5O5S/c1-5-35-24-21(34-3)11-10-19(28-24)20(14-36(4,32)33)30-23-22(29-25(30)31)15(2)18(13-27-23)17-9-7-6-8-16(17)12-26/h6-11,13,20H,5,14H2,1-4H3,(H,29,31). The first-order valence-electron chi connectivity index (χ1n) is 11.1. The first-order valence-corrected chi connectivity index (χ1v) is 13.2. The third kappa shape index (κ3) is 4.67. The predicted molar refractivity (Wildman–Crippen MR) is 135 cm³/mol. The summed E-state index contributed by atoms with van der Waals surface area (Å²) in [4.78, 5) is 25.1. The van der Waals surface area contributed by atoms with E-state index in [2.05, 4.69) is 21.0 Å². The fourth-order valence-electron chi connectivity index (χ4n) is 4.16. The Bertz CT molecular complexity index is 1650. The van der Waals surface area contributed by atoms with Gasteiger partial charge in [0.15, 0.2) is 11.4 Å². The lowest BCUT2D eigenvalue weighted by Gasteiger charge is -2.19.